The van der Waals surface area contributed by atoms with Crippen LogP contribution in [0.4, 0.5) is 13.2 Å². The number of thioether (sulfide) groups is 1. The van der Waals surface area contributed by atoms with Crippen molar-refractivity contribution in [3.05, 3.63) is 35.4 Å². The van der Waals surface area contributed by atoms with Gasteiger partial charge in [0.2, 0.25) is 5.91 Å². The molecule has 3 rings (SSSR count). The van der Waals surface area contributed by atoms with Gasteiger partial charge in [-0.05, 0) is 37.1 Å². The molecule has 0 aromatic heterocycles. The topological polar surface area (TPSA) is 115 Å². The fourth-order valence-electron chi connectivity index (χ4n) is 3.13. The third-order valence-electron chi connectivity index (χ3n) is 4.84. The van der Waals surface area contributed by atoms with E-state index in [-0.39, 0.29) is 22.4 Å². The van der Waals surface area contributed by atoms with Crippen LogP contribution in [0.1, 0.15) is 41.6 Å². The minimum absolute atomic E-state index is 0.0450. The summed E-state index contributed by atoms with van der Waals surface area (Å²) in [6.07, 6.45) is -0.471. The number of aliphatic imine (C=N–C) groups is 2. The molecule has 0 atom stereocenters. The van der Waals surface area contributed by atoms with Crippen molar-refractivity contribution in [2.75, 3.05) is 18.8 Å². The second-order valence-electron chi connectivity index (χ2n) is 7.14. The lowest BCUT2D eigenvalue weighted by atomic mass is 10.1. The molecule has 2 N–H and O–H groups in total. The number of carbonyl (C=O) groups excluding carboxylic acids is 3. The maximum absolute atomic E-state index is 12.6. The molecule has 0 bridgehead atoms. The Balaban J connectivity index is 1.63. The highest BCUT2D eigenvalue weighted by Crippen LogP contribution is 2.29. The van der Waals surface area contributed by atoms with Crippen LogP contribution in [0.5, 0.6) is 0 Å². The van der Waals surface area contributed by atoms with E-state index in [9.17, 15) is 27.6 Å². The van der Waals surface area contributed by atoms with E-state index in [1.165, 1.54) is 0 Å². The summed E-state index contributed by atoms with van der Waals surface area (Å²) in [5.74, 6) is -2.44. The van der Waals surface area contributed by atoms with Gasteiger partial charge in [-0.3, -0.25) is 25.1 Å². The number of halogens is 3. The van der Waals surface area contributed by atoms with E-state index in [0.29, 0.717) is 13.1 Å². The summed E-state index contributed by atoms with van der Waals surface area (Å²) in [5, 5.41) is 10.3. The molecular weight excluding hydrogens is 447 g/mol. The lowest BCUT2D eigenvalue weighted by molar-refractivity contribution is -0.137. The first kappa shape index (κ1) is 23.6. The van der Waals surface area contributed by atoms with Crippen LogP contribution in [0.2, 0.25) is 0 Å². The summed E-state index contributed by atoms with van der Waals surface area (Å²) in [6, 6.07) is 3.35. The molecule has 2 aliphatic rings. The second-order valence-corrected chi connectivity index (χ2v) is 8.11. The fraction of sp³-hybridized carbons (Fsp3) is 0.400. The van der Waals surface area contributed by atoms with Crippen molar-refractivity contribution < 1.29 is 27.6 Å². The second kappa shape index (κ2) is 10.1. The van der Waals surface area contributed by atoms with Gasteiger partial charge in [0.25, 0.3) is 11.8 Å². The first-order chi connectivity index (χ1) is 15.1. The monoisotopic (exact) mass is 467 g/mol. The largest absolute Gasteiger partial charge is 0.416 e. The normalized spacial score (nSPS) is 18.8. The van der Waals surface area contributed by atoms with Crippen LogP contribution in [0.15, 0.2) is 34.3 Å². The van der Waals surface area contributed by atoms with E-state index in [1.807, 2.05) is 0 Å². The predicted molar refractivity (Wildman–Crippen MR) is 114 cm³/mol. The standard InChI is InChI=1S/C20H20F3N5O3S/c21-20(22,23)13-7-5-12(6-8-13)17(30)25-15-16(24)26-19(27-18(15)31)32-11-14(29)28-9-3-1-2-4-10-28/h5-8H,1-4,9-11H2,(H2,24,26,27,31). The number of rotatable bonds is 3. The maximum atomic E-state index is 12.6. The maximum Gasteiger partial charge on any atom is 0.416 e. The molecule has 8 nitrogen and oxygen atoms in total. The molecule has 32 heavy (non-hydrogen) atoms. The van der Waals surface area contributed by atoms with Gasteiger partial charge in [-0.15, -0.1) is 0 Å². The van der Waals surface area contributed by atoms with Gasteiger partial charge in [0.05, 0.1) is 11.3 Å². The lowest BCUT2D eigenvalue weighted by Crippen LogP contribution is -2.44. The Morgan fingerprint density at radius 2 is 1.75 bits per heavy atom. The molecule has 2 heterocycles. The van der Waals surface area contributed by atoms with Gasteiger partial charge in [0, 0.05) is 18.7 Å². The Morgan fingerprint density at radius 1 is 1.12 bits per heavy atom. The van der Waals surface area contributed by atoms with Crippen molar-refractivity contribution >= 4 is 46.2 Å². The minimum atomic E-state index is -4.55. The number of hydrogen-bond acceptors (Lipinski definition) is 5. The summed E-state index contributed by atoms with van der Waals surface area (Å²) < 4.78 is 37.9. The third kappa shape index (κ3) is 6.02. The molecule has 0 aliphatic carbocycles. The van der Waals surface area contributed by atoms with E-state index in [4.69, 9.17) is 5.41 Å². The van der Waals surface area contributed by atoms with E-state index in [0.717, 1.165) is 61.7 Å². The van der Waals surface area contributed by atoms with Crippen LogP contribution in [-0.4, -0.2) is 58.2 Å². The molecule has 2 aliphatic heterocycles. The van der Waals surface area contributed by atoms with Gasteiger partial charge < -0.3 is 4.90 Å². The SMILES string of the molecule is N=C1N=C(SCC(=O)N2CCCCCC2)NC(=O)C1=NC(=O)c1ccc(C(F)(F)F)cc1. The molecular formula is C20H20F3N5O3S. The highest BCUT2D eigenvalue weighted by Gasteiger charge is 2.31. The third-order valence-corrected chi connectivity index (χ3v) is 5.69. The summed E-state index contributed by atoms with van der Waals surface area (Å²) in [4.78, 5) is 46.0. The Bertz CT molecular complexity index is 981. The first-order valence-corrected chi connectivity index (χ1v) is 10.8. The van der Waals surface area contributed by atoms with Crippen molar-refractivity contribution in [3.63, 3.8) is 0 Å². The lowest BCUT2D eigenvalue weighted by Gasteiger charge is -2.20. The van der Waals surface area contributed by atoms with E-state index in [1.54, 1.807) is 4.90 Å². The zero-order valence-corrected chi connectivity index (χ0v) is 17.7. The molecule has 0 saturated carbocycles. The van der Waals surface area contributed by atoms with Gasteiger partial charge in [0.1, 0.15) is 0 Å². The van der Waals surface area contributed by atoms with Crippen molar-refractivity contribution in [1.82, 2.24) is 10.2 Å². The molecule has 1 aromatic rings. The molecule has 170 valence electrons. The van der Waals surface area contributed by atoms with Gasteiger partial charge in [-0.25, -0.2) is 4.99 Å². The van der Waals surface area contributed by atoms with Crippen LogP contribution in [-0.2, 0) is 15.8 Å². The number of alkyl halides is 3. The summed E-state index contributed by atoms with van der Waals surface area (Å²) in [6.45, 7) is 1.38. The number of hydrogen-bond donors (Lipinski definition) is 2. The van der Waals surface area contributed by atoms with Crippen molar-refractivity contribution in [2.45, 2.75) is 31.9 Å². The predicted octanol–water partition coefficient (Wildman–Crippen LogP) is 2.89. The molecule has 0 radical (unpaired) electrons. The average Bonchev–Trinajstić information content (AvgIpc) is 3.03. The van der Waals surface area contributed by atoms with E-state index >= 15 is 0 Å². The first-order valence-electron chi connectivity index (χ1n) is 9.85. The van der Waals surface area contributed by atoms with E-state index < -0.39 is 35.1 Å². The van der Waals surface area contributed by atoms with Gasteiger partial charge in [-0.2, -0.15) is 18.2 Å². The van der Waals surface area contributed by atoms with Crippen LogP contribution in [0.3, 0.4) is 0 Å². The highest BCUT2D eigenvalue weighted by molar-refractivity contribution is 8.14. The van der Waals surface area contributed by atoms with Crippen molar-refractivity contribution in [2.24, 2.45) is 9.98 Å². The van der Waals surface area contributed by atoms with Gasteiger partial charge in [0.15, 0.2) is 16.7 Å². The van der Waals surface area contributed by atoms with Crippen LogP contribution < -0.4 is 5.32 Å². The average molecular weight is 467 g/mol. The number of nitrogens with zero attached hydrogens (tertiary/aromatic N) is 3. The molecule has 0 spiro atoms. The Hall–Kier alpha value is -3.02. The Kier molecular flexibility index (Phi) is 7.44. The highest BCUT2D eigenvalue weighted by atomic mass is 32.2. The van der Waals surface area contributed by atoms with Gasteiger partial charge in [-0.1, -0.05) is 24.6 Å². The molecule has 12 heteroatoms. The number of benzene rings is 1. The molecule has 1 fully saturated rings. The van der Waals surface area contributed by atoms with Crippen LogP contribution in [0, 0.1) is 5.41 Å². The van der Waals surface area contributed by atoms with Crippen molar-refractivity contribution in [1.29, 1.82) is 5.41 Å². The molecule has 3 amide bonds. The van der Waals surface area contributed by atoms with E-state index in [2.05, 4.69) is 15.3 Å². The number of amidine groups is 2. The zero-order chi connectivity index (χ0) is 23.3. The molecule has 0 unspecified atom stereocenters. The quantitative estimate of drug-likeness (QED) is 0.711. The number of carbonyl (C=O) groups is 3. The van der Waals surface area contributed by atoms with Gasteiger partial charge >= 0.3 is 6.18 Å². The summed E-state index contributed by atoms with van der Waals surface area (Å²) in [5.41, 5.74) is -1.65. The summed E-state index contributed by atoms with van der Waals surface area (Å²) >= 11 is 0.974. The Morgan fingerprint density at radius 3 is 2.31 bits per heavy atom. The molecule has 1 aromatic carbocycles. The van der Waals surface area contributed by atoms with Crippen LogP contribution >= 0.6 is 11.8 Å². The molecule has 1 saturated heterocycles. The summed E-state index contributed by atoms with van der Waals surface area (Å²) in [7, 11) is 0. The van der Waals surface area contributed by atoms with Crippen LogP contribution in [0.25, 0.3) is 0 Å². The number of likely N-dealkylation sites (tertiary alicyclic amines) is 1. The number of nitrogens with one attached hydrogen (secondary N) is 2. The van der Waals surface area contributed by atoms with Crippen molar-refractivity contribution in [3.8, 4) is 0 Å². The smallest absolute Gasteiger partial charge is 0.342 e. The number of amides is 3. The fourth-order valence-corrected chi connectivity index (χ4v) is 3.89. The zero-order valence-electron chi connectivity index (χ0n) is 16.9. The Labute approximate surface area is 185 Å². The minimum Gasteiger partial charge on any atom is -0.342 e.